The largest absolute Gasteiger partial charge is 0.495 e. The molecule has 0 radical (unpaired) electrons. The first-order valence-corrected chi connectivity index (χ1v) is 9.18. The normalized spacial score (nSPS) is 11.4. The predicted molar refractivity (Wildman–Crippen MR) is 95.2 cm³/mol. The smallest absolute Gasteiger partial charge is 0.265 e. The van der Waals surface area contributed by atoms with Crippen molar-refractivity contribution in [2.75, 3.05) is 11.8 Å². The van der Waals surface area contributed by atoms with E-state index in [0.29, 0.717) is 22.8 Å². The number of aryl methyl sites for hydroxylation is 2. The molecule has 0 fully saturated rings. The Labute approximate surface area is 150 Å². The first-order chi connectivity index (χ1) is 12.3. The van der Waals surface area contributed by atoms with E-state index >= 15 is 0 Å². The molecule has 0 aliphatic heterocycles. The monoisotopic (exact) mass is 376 g/mol. The molecule has 0 aliphatic carbocycles. The number of halogens is 1. The van der Waals surface area contributed by atoms with Gasteiger partial charge in [-0.25, -0.2) is 17.8 Å². The Morgan fingerprint density at radius 1 is 1.15 bits per heavy atom. The highest BCUT2D eigenvalue weighted by molar-refractivity contribution is 7.92. The highest BCUT2D eigenvalue weighted by Gasteiger charge is 2.22. The van der Waals surface area contributed by atoms with Gasteiger partial charge in [0.05, 0.1) is 19.0 Å². The van der Waals surface area contributed by atoms with Gasteiger partial charge in [0.1, 0.15) is 16.5 Å². The van der Waals surface area contributed by atoms with Crippen molar-refractivity contribution in [1.82, 2.24) is 4.98 Å². The molecule has 8 heteroatoms. The highest BCUT2D eigenvalue weighted by Crippen LogP contribution is 2.32. The van der Waals surface area contributed by atoms with Crippen LogP contribution < -0.4 is 9.46 Å². The molecule has 0 unspecified atom stereocenters. The molecule has 136 valence electrons. The summed E-state index contributed by atoms with van der Waals surface area (Å²) < 4.78 is 52.1. The molecule has 1 heterocycles. The summed E-state index contributed by atoms with van der Waals surface area (Å²) >= 11 is 0. The van der Waals surface area contributed by atoms with Crippen LogP contribution in [0.2, 0.25) is 0 Å². The van der Waals surface area contributed by atoms with Crippen LogP contribution in [0.4, 0.5) is 10.1 Å². The number of aromatic nitrogens is 1. The summed E-state index contributed by atoms with van der Waals surface area (Å²) in [7, 11) is -2.59. The summed E-state index contributed by atoms with van der Waals surface area (Å²) in [6, 6.07) is 8.48. The maximum atomic E-state index is 13.3. The molecule has 0 saturated heterocycles. The molecular formula is C18H17FN2O4S. The number of ether oxygens (including phenoxy) is 1. The zero-order valence-corrected chi connectivity index (χ0v) is 15.2. The third-order valence-corrected chi connectivity index (χ3v) is 5.18. The molecule has 6 nitrogen and oxygen atoms in total. The van der Waals surface area contributed by atoms with Gasteiger partial charge in [0.15, 0.2) is 11.7 Å². The van der Waals surface area contributed by atoms with Crippen LogP contribution in [0.5, 0.6) is 5.75 Å². The molecule has 2 aromatic carbocycles. The van der Waals surface area contributed by atoms with Gasteiger partial charge in [-0.15, -0.1) is 0 Å². The number of rotatable bonds is 5. The van der Waals surface area contributed by atoms with E-state index in [0.717, 1.165) is 0 Å². The van der Waals surface area contributed by atoms with Crippen LogP contribution in [-0.2, 0) is 10.0 Å². The average molecular weight is 376 g/mol. The van der Waals surface area contributed by atoms with E-state index in [-0.39, 0.29) is 16.3 Å². The van der Waals surface area contributed by atoms with Crippen LogP contribution in [0.15, 0.2) is 51.9 Å². The topological polar surface area (TPSA) is 81.4 Å². The fraction of sp³-hybridized carbons (Fsp3) is 0.167. The number of nitrogens with zero attached hydrogens (tertiary/aromatic N) is 1. The maximum Gasteiger partial charge on any atom is 0.265 e. The van der Waals surface area contributed by atoms with E-state index in [2.05, 4.69) is 9.71 Å². The average Bonchev–Trinajstić information content (AvgIpc) is 3.03. The molecule has 0 aliphatic rings. The molecule has 1 N–H and O–H groups in total. The lowest BCUT2D eigenvalue weighted by molar-refractivity contribution is 0.403. The molecule has 0 amide bonds. The van der Waals surface area contributed by atoms with Crippen LogP contribution in [0.3, 0.4) is 0 Å². The van der Waals surface area contributed by atoms with Crippen molar-refractivity contribution >= 4 is 15.7 Å². The molecule has 0 atom stereocenters. The third-order valence-electron chi connectivity index (χ3n) is 3.79. The summed E-state index contributed by atoms with van der Waals surface area (Å²) in [6.07, 6.45) is 1.52. The second kappa shape index (κ2) is 6.80. The van der Waals surface area contributed by atoms with Gasteiger partial charge in [0, 0.05) is 12.5 Å². The van der Waals surface area contributed by atoms with Crippen LogP contribution in [0, 0.1) is 19.7 Å². The van der Waals surface area contributed by atoms with Gasteiger partial charge < -0.3 is 9.15 Å². The maximum absolute atomic E-state index is 13.3. The van der Waals surface area contributed by atoms with Crippen molar-refractivity contribution in [1.29, 1.82) is 0 Å². The van der Waals surface area contributed by atoms with Crippen LogP contribution in [0.1, 0.15) is 11.5 Å². The van der Waals surface area contributed by atoms with E-state index in [4.69, 9.17) is 9.15 Å². The van der Waals surface area contributed by atoms with Gasteiger partial charge in [-0.1, -0.05) is 0 Å². The SMILES string of the molecule is COc1ccc(-c2cnc(C)o2)cc1S(=O)(=O)Nc1ccc(F)cc1C. The predicted octanol–water partition coefficient (Wildman–Crippen LogP) is 3.91. The minimum atomic E-state index is -3.97. The number of hydrogen-bond acceptors (Lipinski definition) is 5. The van der Waals surface area contributed by atoms with E-state index in [1.165, 1.54) is 37.6 Å². The molecule has 0 saturated carbocycles. The highest BCUT2D eigenvalue weighted by atomic mass is 32.2. The second-order valence-corrected chi connectivity index (χ2v) is 7.32. The lowest BCUT2D eigenvalue weighted by atomic mass is 10.2. The Kier molecular flexibility index (Phi) is 4.69. The lowest BCUT2D eigenvalue weighted by Crippen LogP contribution is -2.15. The minimum absolute atomic E-state index is 0.0599. The number of methoxy groups -OCH3 is 1. The standard InChI is InChI=1S/C18H17FN2O4S/c1-11-8-14(19)5-6-15(11)21-26(22,23)18-9-13(4-7-16(18)24-3)17-10-20-12(2)25-17/h4-10,21H,1-3H3. The first kappa shape index (κ1) is 17.9. The zero-order chi connectivity index (χ0) is 18.9. The van der Waals surface area contributed by atoms with Crippen LogP contribution >= 0.6 is 0 Å². The van der Waals surface area contributed by atoms with Crippen molar-refractivity contribution in [3.63, 3.8) is 0 Å². The van der Waals surface area contributed by atoms with Crippen molar-refractivity contribution < 1.29 is 22.0 Å². The Morgan fingerprint density at radius 3 is 2.54 bits per heavy atom. The number of sulfonamides is 1. The number of oxazole rings is 1. The number of hydrogen-bond donors (Lipinski definition) is 1. The molecule has 1 aromatic heterocycles. The van der Waals surface area contributed by atoms with E-state index in [1.54, 1.807) is 26.0 Å². The van der Waals surface area contributed by atoms with Crippen molar-refractivity contribution in [2.24, 2.45) is 0 Å². The van der Waals surface area contributed by atoms with Crippen molar-refractivity contribution in [2.45, 2.75) is 18.7 Å². The number of anilines is 1. The van der Waals surface area contributed by atoms with Crippen molar-refractivity contribution in [3.8, 4) is 17.1 Å². The summed E-state index contributed by atoms with van der Waals surface area (Å²) in [4.78, 5) is 3.96. The van der Waals surface area contributed by atoms with E-state index in [1.807, 2.05) is 0 Å². The molecule has 26 heavy (non-hydrogen) atoms. The summed E-state index contributed by atoms with van der Waals surface area (Å²) in [6.45, 7) is 3.31. The quantitative estimate of drug-likeness (QED) is 0.730. The van der Waals surface area contributed by atoms with Gasteiger partial charge in [0.25, 0.3) is 10.0 Å². The molecular weight excluding hydrogens is 359 g/mol. The fourth-order valence-corrected chi connectivity index (χ4v) is 3.80. The molecule has 0 bridgehead atoms. The van der Waals surface area contributed by atoms with E-state index in [9.17, 15) is 12.8 Å². The number of nitrogens with one attached hydrogen (secondary N) is 1. The Bertz CT molecular complexity index is 1060. The Morgan fingerprint density at radius 2 is 1.92 bits per heavy atom. The van der Waals surface area contributed by atoms with E-state index < -0.39 is 15.8 Å². The second-order valence-electron chi connectivity index (χ2n) is 5.67. The first-order valence-electron chi connectivity index (χ1n) is 7.70. The molecule has 0 spiro atoms. The fourth-order valence-electron chi connectivity index (χ4n) is 2.48. The van der Waals surface area contributed by atoms with Gasteiger partial charge in [-0.3, -0.25) is 4.72 Å². The summed E-state index contributed by atoms with van der Waals surface area (Å²) in [5.41, 5.74) is 1.30. The van der Waals surface area contributed by atoms with Crippen LogP contribution in [0.25, 0.3) is 11.3 Å². The van der Waals surface area contributed by atoms with Crippen molar-refractivity contribution in [3.05, 3.63) is 59.9 Å². The Hall–Kier alpha value is -2.87. The number of benzene rings is 2. The Balaban J connectivity index is 2.05. The molecule has 3 aromatic rings. The lowest BCUT2D eigenvalue weighted by Gasteiger charge is -2.14. The van der Waals surface area contributed by atoms with Gasteiger partial charge in [-0.2, -0.15) is 0 Å². The van der Waals surface area contributed by atoms with Crippen LogP contribution in [-0.4, -0.2) is 20.5 Å². The third kappa shape index (κ3) is 3.55. The molecule has 3 rings (SSSR count). The summed E-state index contributed by atoms with van der Waals surface area (Å²) in [5.74, 6) is 0.655. The van der Waals surface area contributed by atoms with Gasteiger partial charge in [0.2, 0.25) is 0 Å². The minimum Gasteiger partial charge on any atom is -0.495 e. The van der Waals surface area contributed by atoms with Gasteiger partial charge >= 0.3 is 0 Å². The summed E-state index contributed by atoms with van der Waals surface area (Å²) in [5, 5.41) is 0. The van der Waals surface area contributed by atoms with Gasteiger partial charge in [-0.05, 0) is 48.9 Å². The zero-order valence-electron chi connectivity index (χ0n) is 14.4.